The summed E-state index contributed by atoms with van der Waals surface area (Å²) in [4.78, 5) is 0. The molecule has 1 aliphatic heterocycles. The summed E-state index contributed by atoms with van der Waals surface area (Å²) in [5.41, 5.74) is 2.10. The largest absolute Gasteiger partial charge is 0.493 e. The zero-order chi connectivity index (χ0) is 13.7. The molecule has 100 valence electrons. The summed E-state index contributed by atoms with van der Waals surface area (Å²) < 4.78 is 16.4. The molecule has 0 bridgehead atoms. The predicted molar refractivity (Wildman–Crippen MR) is 76.3 cm³/mol. The predicted octanol–water partition coefficient (Wildman–Crippen LogP) is 1.45. The van der Waals surface area contributed by atoms with Crippen molar-refractivity contribution in [3.05, 3.63) is 29.8 Å². The van der Waals surface area contributed by atoms with Gasteiger partial charge in [0.1, 0.15) is 6.61 Å². The molecular weight excluding hydrogens is 239 g/mol. The Labute approximate surface area is 115 Å². The normalized spacial score (nSPS) is 17.7. The van der Waals surface area contributed by atoms with E-state index in [2.05, 4.69) is 25.7 Å². The van der Waals surface area contributed by atoms with Gasteiger partial charge in [-0.1, -0.05) is 37.8 Å². The number of methoxy groups -OCH3 is 1. The van der Waals surface area contributed by atoms with Crippen molar-refractivity contribution < 1.29 is 14.0 Å². The van der Waals surface area contributed by atoms with Crippen molar-refractivity contribution in [1.29, 1.82) is 0 Å². The van der Waals surface area contributed by atoms with Crippen molar-refractivity contribution in [3.8, 4) is 11.8 Å². The summed E-state index contributed by atoms with van der Waals surface area (Å²) >= 11 is 0. The van der Waals surface area contributed by atoms with E-state index >= 15 is 0 Å². The highest BCUT2D eigenvalue weighted by Gasteiger charge is 2.33. The lowest BCUT2D eigenvalue weighted by Crippen LogP contribution is -2.47. The van der Waals surface area contributed by atoms with E-state index in [0.717, 1.165) is 11.0 Å². The van der Waals surface area contributed by atoms with Crippen molar-refractivity contribution in [1.82, 2.24) is 0 Å². The summed E-state index contributed by atoms with van der Waals surface area (Å²) in [6.07, 6.45) is 0. The highest BCUT2D eigenvalue weighted by atomic mass is 16.6. The van der Waals surface area contributed by atoms with Crippen LogP contribution >= 0.6 is 0 Å². The Morgan fingerprint density at radius 1 is 1.21 bits per heavy atom. The maximum absolute atomic E-state index is 5.74. The average molecular weight is 258 g/mol. The van der Waals surface area contributed by atoms with E-state index in [1.807, 2.05) is 24.3 Å². The molecule has 0 unspecified atom stereocenters. The third-order valence-corrected chi connectivity index (χ3v) is 2.88. The van der Waals surface area contributed by atoms with Crippen LogP contribution in [0, 0.1) is 17.3 Å². The summed E-state index contributed by atoms with van der Waals surface area (Å²) in [5, 5.41) is 0. The minimum atomic E-state index is -0.256. The van der Waals surface area contributed by atoms with Crippen LogP contribution in [0.3, 0.4) is 0 Å². The van der Waals surface area contributed by atoms with Gasteiger partial charge >= 0.3 is 7.12 Å². The second-order valence-corrected chi connectivity index (χ2v) is 5.47. The van der Waals surface area contributed by atoms with E-state index < -0.39 is 0 Å². The van der Waals surface area contributed by atoms with Gasteiger partial charge in [0.05, 0.1) is 0 Å². The standard InChI is InChI=1S/C15H19BO3/c1-15(2)11-18-16(19-12-15)14-8-6-13(7-9-14)5-4-10-17-3/h6-9H,10-12H2,1-3H3. The summed E-state index contributed by atoms with van der Waals surface area (Å²) in [7, 11) is 1.38. The fourth-order valence-corrected chi connectivity index (χ4v) is 1.82. The first-order valence-electron chi connectivity index (χ1n) is 6.42. The lowest BCUT2D eigenvalue weighted by atomic mass is 9.76. The second-order valence-electron chi connectivity index (χ2n) is 5.47. The van der Waals surface area contributed by atoms with Crippen LogP contribution in [0.15, 0.2) is 24.3 Å². The Balaban J connectivity index is 1.98. The van der Waals surface area contributed by atoms with Crippen LogP contribution in [0.5, 0.6) is 0 Å². The van der Waals surface area contributed by atoms with Crippen LogP contribution in [0.25, 0.3) is 0 Å². The molecule has 0 radical (unpaired) electrons. The molecule has 1 heterocycles. The van der Waals surface area contributed by atoms with Crippen molar-refractivity contribution in [3.63, 3.8) is 0 Å². The number of benzene rings is 1. The Morgan fingerprint density at radius 3 is 2.42 bits per heavy atom. The zero-order valence-corrected chi connectivity index (χ0v) is 11.7. The molecule has 1 aliphatic rings. The first-order chi connectivity index (χ1) is 9.11. The molecule has 1 aromatic rings. The minimum absolute atomic E-state index is 0.0993. The van der Waals surface area contributed by atoms with Gasteiger partial charge in [0.25, 0.3) is 0 Å². The van der Waals surface area contributed by atoms with E-state index in [4.69, 9.17) is 14.0 Å². The van der Waals surface area contributed by atoms with Gasteiger partial charge < -0.3 is 14.0 Å². The average Bonchev–Trinajstić information content (AvgIpc) is 2.40. The molecule has 0 aliphatic carbocycles. The van der Waals surface area contributed by atoms with Crippen LogP contribution in [0.1, 0.15) is 19.4 Å². The SMILES string of the molecule is COCC#Cc1ccc(B2OCC(C)(C)CO2)cc1. The molecule has 0 saturated carbocycles. The second kappa shape index (κ2) is 6.25. The van der Waals surface area contributed by atoms with E-state index in [1.165, 1.54) is 0 Å². The highest BCUT2D eigenvalue weighted by Crippen LogP contribution is 2.21. The lowest BCUT2D eigenvalue weighted by molar-refractivity contribution is 0.0343. The van der Waals surface area contributed by atoms with Crippen molar-refractivity contribution >= 4 is 12.6 Å². The summed E-state index contributed by atoms with van der Waals surface area (Å²) in [5.74, 6) is 5.96. The molecule has 0 amide bonds. The Bertz CT molecular complexity index is 460. The maximum atomic E-state index is 5.74. The first-order valence-corrected chi connectivity index (χ1v) is 6.42. The number of rotatable bonds is 2. The molecule has 0 atom stereocenters. The van der Waals surface area contributed by atoms with Gasteiger partial charge in [0, 0.05) is 31.3 Å². The van der Waals surface area contributed by atoms with Crippen molar-refractivity contribution in [2.75, 3.05) is 26.9 Å². The van der Waals surface area contributed by atoms with Gasteiger partial charge in [-0.25, -0.2) is 0 Å². The lowest BCUT2D eigenvalue weighted by Gasteiger charge is -2.33. The van der Waals surface area contributed by atoms with Crippen LogP contribution in [0.2, 0.25) is 0 Å². The van der Waals surface area contributed by atoms with Gasteiger partial charge in [0.15, 0.2) is 0 Å². The topological polar surface area (TPSA) is 27.7 Å². The Kier molecular flexibility index (Phi) is 4.65. The van der Waals surface area contributed by atoms with Gasteiger partial charge in [-0.05, 0) is 17.6 Å². The fraction of sp³-hybridized carbons (Fsp3) is 0.467. The third-order valence-electron chi connectivity index (χ3n) is 2.88. The summed E-state index contributed by atoms with van der Waals surface area (Å²) in [6.45, 7) is 6.15. The van der Waals surface area contributed by atoms with Gasteiger partial charge in [-0.3, -0.25) is 0 Å². The van der Waals surface area contributed by atoms with Crippen LogP contribution < -0.4 is 5.46 Å². The molecule has 3 nitrogen and oxygen atoms in total. The minimum Gasteiger partial charge on any atom is -0.407 e. The number of hydrogen-bond acceptors (Lipinski definition) is 3. The molecule has 2 rings (SSSR count). The van der Waals surface area contributed by atoms with Gasteiger partial charge in [-0.15, -0.1) is 0 Å². The molecule has 0 spiro atoms. The molecule has 0 aromatic heterocycles. The fourth-order valence-electron chi connectivity index (χ4n) is 1.82. The van der Waals surface area contributed by atoms with Crippen LogP contribution in [-0.4, -0.2) is 34.0 Å². The van der Waals surface area contributed by atoms with Crippen molar-refractivity contribution in [2.24, 2.45) is 5.41 Å². The van der Waals surface area contributed by atoms with Gasteiger partial charge in [-0.2, -0.15) is 0 Å². The van der Waals surface area contributed by atoms with E-state index in [1.54, 1.807) is 7.11 Å². The molecule has 4 heteroatoms. The third kappa shape index (κ3) is 4.10. The van der Waals surface area contributed by atoms with E-state index in [-0.39, 0.29) is 12.5 Å². The van der Waals surface area contributed by atoms with Crippen LogP contribution in [0.4, 0.5) is 0 Å². The summed E-state index contributed by atoms with van der Waals surface area (Å²) in [6, 6.07) is 7.95. The zero-order valence-electron chi connectivity index (χ0n) is 11.7. The smallest absolute Gasteiger partial charge is 0.407 e. The number of ether oxygens (including phenoxy) is 1. The van der Waals surface area contributed by atoms with E-state index in [0.29, 0.717) is 19.8 Å². The number of hydrogen-bond donors (Lipinski definition) is 0. The highest BCUT2D eigenvalue weighted by molar-refractivity contribution is 6.61. The van der Waals surface area contributed by atoms with Gasteiger partial charge in [0.2, 0.25) is 0 Å². The molecule has 1 fully saturated rings. The van der Waals surface area contributed by atoms with E-state index in [9.17, 15) is 0 Å². The molecule has 0 N–H and O–H groups in total. The first kappa shape index (κ1) is 14.1. The Morgan fingerprint density at radius 2 is 1.84 bits per heavy atom. The van der Waals surface area contributed by atoms with Crippen molar-refractivity contribution in [2.45, 2.75) is 13.8 Å². The maximum Gasteiger partial charge on any atom is 0.493 e. The molecular formula is C15H19BO3. The molecule has 19 heavy (non-hydrogen) atoms. The van der Waals surface area contributed by atoms with Crippen LogP contribution in [-0.2, 0) is 14.0 Å². The molecule has 1 aromatic carbocycles. The monoisotopic (exact) mass is 258 g/mol. The molecule has 1 saturated heterocycles. The quantitative estimate of drug-likeness (QED) is 0.593. The Hall–Kier alpha value is -1.28.